The minimum absolute atomic E-state index is 0.258. The maximum atomic E-state index is 11.9. The molecule has 0 atom stereocenters. The Labute approximate surface area is 145 Å². The predicted molar refractivity (Wildman–Crippen MR) is 95.6 cm³/mol. The molecule has 5 nitrogen and oxygen atoms in total. The number of amides is 1. The number of unbranched alkanes of at least 4 members (excludes halogenated alkanes) is 9. The Bertz CT molecular complexity index is 440. The predicted octanol–water partition coefficient (Wildman–Crippen LogP) is 3.87. The zero-order valence-electron chi connectivity index (χ0n) is 17.7. The summed E-state index contributed by atoms with van der Waals surface area (Å²) in [4.78, 5) is 23.7. The van der Waals surface area contributed by atoms with Crippen molar-refractivity contribution in [1.29, 1.82) is 5.41 Å². The molecule has 0 radical (unpaired) electrons. The van der Waals surface area contributed by atoms with Gasteiger partial charge in [-0.15, -0.1) is 0 Å². The van der Waals surface area contributed by atoms with Crippen LogP contribution in [0.2, 0.25) is 0 Å². The number of guanidine groups is 1. The SMILES string of the molecule is [2H]C([2H])([2H])N(CC(C)=O)C(=N)NC(=O)CCCCCCCCCCCC. The van der Waals surface area contributed by atoms with Crippen molar-refractivity contribution in [2.24, 2.45) is 0 Å². The van der Waals surface area contributed by atoms with Crippen LogP contribution >= 0.6 is 0 Å². The van der Waals surface area contributed by atoms with Crippen molar-refractivity contribution in [2.45, 2.75) is 84.5 Å². The standard InChI is InChI=1S/C18H35N3O2/c1-4-5-6-7-8-9-10-11-12-13-14-17(23)20-18(19)21(3)15-16(2)22/h4-15H2,1-3H3,(H2,19,20,23)/i3D3. The second-order valence-corrected chi connectivity index (χ2v) is 6.12. The summed E-state index contributed by atoms with van der Waals surface area (Å²) in [5.74, 6) is -1.31. The van der Waals surface area contributed by atoms with Crippen LogP contribution in [0.3, 0.4) is 0 Å². The highest BCUT2D eigenvalue weighted by Crippen LogP contribution is 2.11. The van der Waals surface area contributed by atoms with Crippen molar-refractivity contribution in [2.75, 3.05) is 13.5 Å². The van der Waals surface area contributed by atoms with Crippen molar-refractivity contribution in [3.63, 3.8) is 0 Å². The average Bonchev–Trinajstić information content (AvgIpc) is 2.53. The molecular weight excluding hydrogens is 290 g/mol. The molecular formula is C18H35N3O2. The van der Waals surface area contributed by atoms with Crippen molar-refractivity contribution < 1.29 is 13.7 Å². The second kappa shape index (κ2) is 14.2. The zero-order chi connectivity index (χ0) is 20.0. The van der Waals surface area contributed by atoms with E-state index in [0.717, 1.165) is 19.3 Å². The second-order valence-electron chi connectivity index (χ2n) is 6.12. The molecule has 0 spiro atoms. The van der Waals surface area contributed by atoms with E-state index in [2.05, 4.69) is 12.2 Å². The smallest absolute Gasteiger partial charge is 0.226 e. The highest BCUT2D eigenvalue weighted by atomic mass is 16.2. The Hall–Kier alpha value is -1.39. The first-order valence-corrected chi connectivity index (χ1v) is 8.84. The topological polar surface area (TPSA) is 73.3 Å². The molecule has 0 unspecified atom stereocenters. The molecule has 0 aliphatic rings. The molecule has 134 valence electrons. The third-order valence-electron chi connectivity index (χ3n) is 3.67. The molecule has 2 N–H and O–H groups in total. The largest absolute Gasteiger partial charge is 0.339 e. The first-order valence-electron chi connectivity index (χ1n) is 10.3. The maximum Gasteiger partial charge on any atom is 0.226 e. The van der Waals surface area contributed by atoms with Crippen LogP contribution in [-0.4, -0.2) is 36.1 Å². The fourth-order valence-corrected chi connectivity index (χ4v) is 2.34. The third-order valence-corrected chi connectivity index (χ3v) is 3.67. The number of likely N-dealkylation sites (N-methyl/N-ethyl adjacent to an activating group) is 1. The minimum Gasteiger partial charge on any atom is -0.339 e. The van der Waals surface area contributed by atoms with E-state index in [0.29, 0.717) is 4.90 Å². The molecule has 5 heteroatoms. The van der Waals surface area contributed by atoms with Crippen molar-refractivity contribution in [3.8, 4) is 0 Å². The number of carbonyl (C=O) groups excluding carboxylic acids is 2. The quantitative estimate of drug-likeness (QED) is 0.306. The Balaban J connectivity index is 3.90. The fourth-order valence-electron chi connectivity index (χ4n) is 2.34. The molecule has 1 amide bonds. The summed E-state index contributed by atoms with van der Waals surface area (Å²) in [6.45, 7) is 0.403. The van der Waals surface area contributed by atoms with Gasteiger partial charge in [0.05, 0.1) is 6.54 Å². The zero-order valence-corrected chi connectivity index (χ0v) is 14.7. The van der Waals surface area contributed by atoms with Gasteiger partial charge in [0.15, 0.2) is 5.96 Å². The van der Waals surface area contributed by atoms with Gasteiger partial charge in [0.25, 0.3) is 0 Å². The lowest BCUT2D eigenvalue weighted by molar-refractivity contribution is -0.120. The van der Waals surface area contributed by atoms with Gasteiger partial charge < -0.3 is 4.90 Å². The summed E-state index contributed by atoms with van der Waals surface area (Å²) in [5.41, 5.74) is 0. The molecule has 0 aromatic carbocycles. The summed E-state index contributed by atoms with van der Waals surface area (Å²) in [6.07, 6.45) is 11.9. The highest BCUT2D eigenvalue weighted by molar-refractivity contribution is 5.96. The molecule has 23 heavy (non-hydrogen) atoms. The molecule has 0 saturated heterocycles. The lowest BCUT2D eigenvalue weighted by atomic mass is 10.1. The van der Waals surface area contributed by atoms with Gasteiger partial charge in [-0.2, -0.15) is 0 Å². The van der Waals surface area contributed by atoms with Crippen molar-refractivity contribution >= 4 is 17.6 Å². The van der Waals surface area contributed by atoms with Crippen molar-refractivity contribution in [3.05, 3.63) is 0 Å². The third kappa shape index (κ3) is 14.0. The molecule has 0 rings (SSSR count). The van der Waals surface area contributed by atoms with E-state index in [1.165, 1.54) is 51.9 Å². The average molecular weight is 329 g/mol. The lowest BCUT2D eigenvalue weighted by Crippen LogP contribution is -2.43. The van der Waals surface area contributed by atoms with Crippen LogP contribution < -0.4 is 5.32 Å². The summed E-state index contributed by atoms with van der Waals surface area (Å²) >= 11 is 0. The summed E-state index contributed by atoms with van der Waals surface area (Å²) in [6, 6.07) is 0. The van der Waals surface area contributed by atoms with Crippen LogP contribution in [0.1, 0.15) is 88.6 Å². The van der Waals surface area contributed by atoms with Gasteiger partial charge in [-0.1, -0.05) is 64.7 Å². The number of Topliss-reactive ketones (excluding diaryl/α,β-unsaturated/α-hetero) is 1. The van der Waals surface area contributed by atoms with Crippen molar-refractivity contribution in [1.82, 2.24) is 10.2 Å². The lowest BCUT2D eigenvalue weighted by Gasteiger charge is -2.18. The van der Waals surface area contributed by atoms with Crippen LogP contribution in [-0.2, 0) is 9.59 Å². The summed E-state index contributed by atoms with van der Waals surface area (Å²) in [7, 11) is 0. The Morgan fingerprint density at radius 3 is 2.00 bits per heavy atom. The van der Waals surface area contributed by atoms with E-state index in [1.807, 2.05) is 0 Å². The normalized spacial score (nSPS) is 12.9. The maximum absolute atomic E-state index is 11.9. The van der Waals surface area contributed by atoms with Gasteiger partial charge in [-0.25, -0.2) is 0 Å². The molecule has 0 aromatic heterocycles. The van der Waals surface area contributed by atoms with Gasteiger partial charge >= 0.3 is 0 Å². The van der Waals surface area contributed by atoms with Gasteiger partial charge in [0.1, 0.15) is 5.78 Å². The molecule has 0 aromatic rings. The number of ketones is 1. The molecule has 0 bridgehead atoms. The number of hydrogen-bond donors (Lipinski definition) is 2. The van der Waals surface area contributed by atoms with Gasteiger partial charge in [-0.05, 0) is 13.3 Å². The van der Waals surface area contributed by atoms with Gasteiger partial charge in [0, 0.05) is 17.5 Å². The van der Waals surface area contributed by atoms with E-state index in [4.69, 9.17) is 9.52 Å². The summed E-state index contributed by atoms with van der Waals surface area (Å²) in [5, 5.41) is 10.0. The van der Waals surface area contributed by atoms with E-state index < -0.39 is 19.5 Å². The van der Waals surface area contributed by atoms with Gasteiger partial charge in [-0.3, -0.25) is 20.3 Å². The fraction of sp³-hybridized carbons (Fsp3) is 0.833. The monoisotopic (exact) mass is 328 g/mol. The van der Waals surface area contributed by atoms with Crippen LogP contribution in [0.4, 0.5) is 0 Å². The first kappa shape index (κ1) is 16.5. The Morgan fingerprint density at radius 2 is 1.52 bits per heavy atom. The molecule has 0 heterocycles. The van der Waals surface area contributed by atoms with E-state index in [1.54, 1.807) is 0 Å². The van der Waals surface area contributed by atoms with E-state index >= 15 is 0 Å². The van der Waals surface area contributed by atoms with Crippen LogP contribution in [0.5, 0.6) is 0 Å². The molecule has 0 fully saturated rings. The van der Waals surface area contributed by atoms with Crippen LogP contribution in [0, 0.1) is 5.41 Å². The number of carbonyl (C=O) groups is 2. The van der Waals surface area contributed by atoms with E-state index in [-0.39, 0.29) is 18.1 Å². The first-order chi connectivity index (χ1) is 12.2. The Morgan fingerprint density at radius 1 is 1.00 bits per heavy atom. The van der Waals surface area contributed by atoms with Crippen LogP contribution in [0.25, 0.3) is 0 Å². The molecule has 0 aliphatic carbocycles. The Kier molecular flexibility index (Phi) is 10.2. The van der Waals surface area contributed by atoms with Crippen LogP contribution in [0.15, 0.2) is 0 Å². The van der Waals surface area contributed by atoms with E-state index in [9.17, 15) is 9.59 Å². The number of nitrogens with zero attached hydrogens (tertiary/aromatic N) is 1. The number of rotatable bonds is 13. The van der Waals surface area contributed by atoms with Gasteiger partial charge in [0.2, 0.25) is 5.91 Å². The minimum atomic E-state index is -2.63. The molecule has 0 saturated carbocycles. The number of nitrogens with one attached hydrogen (secondary N) is 2. The number of hydrogen-bond acceptors (Lipinski definition) is 3. The highest BCUT2D eigenvalue weighted by Gasteiger charge is 2.10. The summed E-state index contributed by atoms with van der Waals surface area (Å²) < 4.78 is 22.1. The molecule has 0 aliphatic heterocycles.